The lowest BCUT2D eigenvalue weighted by Gasteiger charge is -2.35. The summed E-state index contributed by atoms with van der Waals surface area (Å²) >= 11 is 0. The van der Waals surface area contributed by atoms with Gasteiger partial charge < -0.3 is 15.3 Å². The zero-order valence-electron chi connectivity index (χ0n) is 7.58. The van der Waals surface area contributed by atoms with Gasteiger partial charge in [0.15, 0.2) is 0 Å². The van der Waals surface area contributed by atoms with Gasteiger partial charge in [0.25, 0.3) is 0 Å². The first-order valence-electron chi connectivity index (χ1n) is 4.31. The highest BCUT2D eigenvalue weighted by Crippen LogP contribution is 2.16. The molecule has 1 saturated heterocycles. The van der Waals surface area contributed by atoms with Crippen LogP contribution in [0.15, 0.2) is 0 Å². The second-order valence-electron chi connectivity index (χ2n) is 3.28. The van der Waals surface area contributed by atoms with Crippen LogP contribution >= 0.6 is 0 Å². The van der Waals surface area contributed by atoms with Crippen molar-refractivity contribution in [1.82, 2.24) is 10.2 Å². The monoisotopic (exact) mass is 172 g/mol. The van der Waals surface area contributed by atoms with Crippen LogP contribution in [0.5, 0.6) is 0 Å². The van der Waals surface area contributed by atoms with Gasteiger partial charge in [-0.3, -0.25) is 0 Å². The van der Waals surface area contributed by atoms with Crippen LogP contribution in [-0.4, -0.2) is 41.8 Å². The highest BCUT2D eigenvalue weighted by molar-refractivity contribution is 5.74. The summed E-state index contributed by atoms with van der Waals surface area (Å²) in [5.74, 6) is 0. The molecule has 0 spiro atoms. The van der Waals surface area contributed by atoms with E-state index in [1.54, 1.807) is 11.9 Å². The molecule has 0 aromatic heterocycles. The Morgan fingerprint density at radius 1 is 1.67 bits per heavy atom. The predicted octanol–water partition coefficient (Wildman–Crippen LogP) is 0.171. The van der Waals surface area contributed by atoms with Crippen LogP contribution in [0.3, 0.4) is 0 Å². The number of piperidine rings is 1. The number of rotatable bonds is 0. The number of hydrogen-bond donors (Lipinski definition) is 2. The van der Waals surface area contributed by atoms with Crippen molar-refractivity contribution < 1.29 is 9.90 Å². The quantitative estimate of drug-likeness (QED) is 0.547. The minimum Gasteiger partial charge on any atom is -0.393 e. The first kappa shape index (κ1) is 9.32. The SMILES string of the molecule is CNC(=O)N1CC[C@H](O)C[C@@H]1C. The molecule has 0 saturated carbocycles. The van der Waals surface area contributed by atoms with Gasteiger partial charge in [-0.1, -0.05) is 0 Å². The standard InChI is InChI=1S/C8H16N2O2/c1-6-5-7(11)3-4-10(6)8(12)9-2/h6-7,11H,3-5H2,1-2H3,(H,9,12)/t6-,7-/m0/s1. The van der Waals surface area contributed by atoms with Crippen molar-refractivity contribution >= 4 is 6.03 Å². The number of hydrogen-bond acceptors (Lipinski definition) is 2. The van der Waals surface area contributed by atoms with E-state index in [2.05, 4.69) is 5.32 Å². The lowest BCUT2D eigenvalue weighted by molar-refractivity contribution is 0.0655. The smallest absolute Gasteiger partial charge is 0.317 e. The van der Waals surface area contributed by atoms with Crippen molar-refractivity contribution in [2.45, 2.75) is 31.9 Å². The van der Waals surface area contributed by atoms with Crippen molar-refractivity contribution in [3.8, 4) is 0 Å². The number of aliphatic hydroxyl groups is 1. The largest absolute Gasteiger partial charge is 0.393 e. The summed E-state index contributed by atoms with van der Waals surface area (Å²) < 4.78 is 0. The number of nitrogens with one attached hydrogen (secondary N) is 1. The Morgan fingerprint density at radius 2 is 2.33 bits per heavy atom. The lowest BCUT2D eigenvalue weighted by atomic mass is 10.0. The first-order chi connectivity index (χ1) is 5.65. The minimum atomic E-state index is -0.235. The van der Waals surface area contributed by atoms with E-state index < -0.39 is 0 Å². The predicted molar refractivity (Wildman–Crippen MR) is 45.9 cm³/mol. The van der Waals surface area contributed by atoms with Crippen LogP contribution in [0.2, 0.25) is 0 Å². The van der Waals surface area contributed by atoms with Gasteiger partial charge in [-0.05, 0) is 19.8 Å². The fraction of sp³-hybridized carbons (Fsp3) is 0.875. The Hall–Kier alpha value is -0.770. The first-order valence-corrected chi connectivity index (χ1v) is 4.31. The topological polar surface area (TPSA) is 52.6 Å². The molecule has 0 aromatic rings. The van der Waals surface area contributed by atoms with E-state index in [-0.39, 0.29) is 18.2 Å². The van der Waals surface area contributed by atoms with Crippen LogP contribution in [-0.2, 0) is 0 Å². The molecule has 4 heteroatoms. The fourth-order valence-electron chi connectivity index (χ4n) is 1.59. The minimum absolute atomic E-state index is 0.0469. The Bertz CT molecular complexity index is 172. The maximum absolute atomic E-state index is 11.2. The summed E-state index contributed by atoms with van der Waals surface area (Å²) in [5, 5.41) is 11.9. The van der Waals surface area contributed by atoms with Crippen molar-refractivity contribution in [3.63, 3.8) is 0 Å². The molecule has 0 radical (unpaired) electrons. The zero-order chi connectivity index (χ0) is 9.14. The summed E-state index contributed by atoms with van der Waals surface area (Å²) in [6, 6.07) is 0.100. The third kappa shape index (κ3) is 1.88. The molecule has 12 heavy (non-hydrogen) atoms. The van der Waals surface area contributed by atoms with Crippen LogP contribution in [0.4, 0.5) is 4.79 Å². The normalized spacial score (nSPS) is 30.1. The van der Waals surface area contributed by atoms with E-state index in [0.29, 0.717) is 19.4 Å². The molecular weight excluding hydrogens is 156 g/mol. The zero-order valence-corrected chi connectivity index (χ0v) is 7.58. The molecule has 2 atom stereocenters. The summed E-state index contributed by atoms with van der Waals surface area (Å²) in [7, 11) is 1.63. The molecule has 0 bridgehead atoms. The Balaban J connectivity index is 2.50. The van der Waals surface area contributed by atoms with E-state index >= 15 is 0 Å². The number of aliphatic hydroxyl groups excluding tert-OH is 1. The van der Waals surface area contributed by atoms with Gasteiger partial charge in [0.1, 0.15) is 0 Å². The van der Waals surface area contributed by atoms with E-state index in [1.807, 2.05) is 6.92 Å². The van der Waals surface area contributed by atoms with E-state index in [1.165, 1.54) is 0 Å². The molecule has 2 N–H and O–H groups in total. The number of urea groups is 1. The Kier molecular flexibility index (Phi) is 2.92. The summed E-state index contributed by atoms with van der Waals surface area (Å²) in [6.45, 7) is 2.61. The third-order valence-electron chi connectivity index (χ3n) is 2.32. The molecule has 2 amide bonds. The summed E-state index contributed by atoms with van der Waals surface area (Å²) in [5.41, 5.74) is 0. The molecular formula is C8H16N2O2. The van der Waals surface area contributed by atoms with Gasteiger partial charge in [0.2, 0.25) is 0 Å². The van der Waals surface area contributed by atoms with E-state index in [9.17, 15) is 9.90 Å². The van der Waals surface area contributed by atoms with E-state index in [4.69, 9.17) is 0 Å². The summed E-state index contributed by atoms with van der Waals surface area (Å²) in [4.78, 5) is 13.0. The van der Waals surface area contributed by atoms with Gasteiger partial charge in [0, 0.05) is 19.6 Å². The molecule has 0 aliphatic carbocycles. The number of nitrogens with zero attached hydrogens (tertiary/aromatic N) is 1. The second-order valence-corrected chi connectivity index (χ2v) is 3.28. The number of carbonyl (C=O) groups is 1. The van der Waals surface area contributed by atoms with Crippen molar-refractivity contribution in [3.05, 3.63) is 0 Å². The van der Waals surface area contributed by atoms with Gasteiger partial charge in [-0.25, -0.2) is 4.79 Å². The summed E-state index contributed by atoms with van der Waals surface area (Å²) in [6.07, 6.45) is 1.14. The molecule has 1 fully saturated rings. The third-order valence-corrected chi connectivity index (χ3v) is 2.32. The lowest BCUT2D eigenvalue weighted by Crippen LogP contribution is -2.49. The van der Waals surface area contributed by atoms with Crippen LogP contribution in [0.1, 0.15) is 19.8 Å². The van der Waals surface area contributed by atoms with Crippen LogP contribution in [0.25, 0.3) is 0 Å². The molecule has 70 valence electrons. The molecule has 1 aliphatic rings. The van der Waals surface area contributed by atoms with Gasteiger partial charge in [0.05, 0.1) is 6.10 Å². The van der Waals surface area contributed by atoms with Crippen molar-refractivity contribution in [1.29, 1.82) is 0 Å². The van der Waals surface area contributed by atoms with Crippen LogP contribution in [0, 0.1) is 0 Å². The van der Waals surface area contributed by atoms with Crippen LogP contribution < -0.4 is 5.32 Å². The number of amides is 2. The maximum atomic E-state index is 11.2. The molecule has 0 aromatic carbocycles. The molecule has 1 rings (SSSR count). The Labute approximate surface area is 72.6 Å². The van der Waals surface area contributed by atoms with Gasteiger partial charge >= 0.3 is 6.03 Å². The average Bonchev–Trinajstić information content (AvgIpc) is 2.03. The number of carbonyl (C=O) groups excluding carboxylic acids is 1. The van der Waals surface area contributed by atoms with Crippen molar-refractivity contribution in [2.24, 2.45) is 0 Å². The Morgan fingerprint density at radius 3 is 2.83 bits per heavy atom. The molecule has 4 nitrogen and oxygen atoms in total. The highest BCUT2D eigenvalue weighted by Gasteiger charge is 2.26. The molecule has 0 unspecified atom stereocenters. The molecule has 1 aliphatic heterocycles. The van der Waals surface area contributed by atoms with Gasteiger partial charge in [-0.2, -0.15) is 0 Å². The van der Waals surface area contributed by atoms with Gasteiger partial charge in [-0.15, -0.1) is 0 Å². The average molecular weight is 172 g/mol. The highest BCUT2D eigenvalue weighted by atomic mass is 16.3. The fourth-order valence-corrected chi connectivity index (χ4v) is 1.59. The van der Waals surface area contributed by atoms with E-state index in [0.717, 1.165) is 0 Å². The molecule has 1 heterocycles. The second kappa shape index (κ2) is 3.76. The van der Waals surface area contributed by atoms with Crippen molar-refractivity contribution in [2.75, 3.05) is 13.6 Å². The number of likely N-dealkylation sites (tertiary alicyclic amines) is 1. The maximum Gasteiger partial charge on any atom is 0.317 e.